The SMILES string of the molecule is O=C(CC1CC(c2ccccc2)C1)N1CCC[C@H]1Cn1cc(CO)nn1. The number of hydrogen-bond donors (Lipinski definition) is 1. The van der Waals surface area contributed by atoms with Crippen molar-refractivity contribution in [1.29, 1.82) is 0 Å². The van der Waals surface area contributed by atoms with E-state index in [1.807, 2.05) is 4.90 Å². The van der Waals surface area contributed by atoms with E-state index in [2.05, 4.69) is 40.6 Å². The number of aromatic nitrogens is 3. The van der Waals surface area contributed by atoms with Crippen LogP contribution in [0, 0.1) is 5.92 Å². The van der Waals surface area contributed by atoms with E-state index in [9.17, 15) is 4.79 Å². The lowest BCUT2D eigenvalue weighted by atomic mass is 9.70. The van der Waals surface area contributed by atoms with Crippen molar-refractivity contribution >= 4 is 5.91 Å². The molecule has 0 spiro atoms. The highest BCUT2D eigenvalue weighted by atomic mass is 16.3. The summed E-state index contributed by atoms with van der Waals surface area (Å²) in [6.45, 7) is 1.41. The topological polar surface area (TPSA) is 71.2 Å². The minimum atomic E-state index is -0.0996. The van der Waals surface area contributed by atoms with Crippen LogP contribution < -0.4 is 0 Å². The molecule has 2 aromatic rings. The summed E-state index contributed by atoms with van der Waals surface area (Å²) < 4.78 is 1.75. The first-order valence-corrected chi connectivity index (χ1v) is 9.57. The third-order valence-corrected chi connectivity index (χ3v) is 5.81. The van der Waals surface area contributed by atoms with E-state index in [1.54, 1.807) is 10.9 Å². The zero-order chi connectivity index (χ0) is 17.9. The van der Waals surface area contributed by atoms with Gasteiger partial charge in [-0.25, -0.2) is 0 Å². The van der Waals surface area contributed by atoms with Crippen LogP contribution in [-0.2, 0) is 17.9 Å². The Morgan fingerprint density at radius 2 is 2.04 bits per heavy atom. The number of likely N-dealkylation sites (tertiary alicyclic amines) is 1. The van der Waals surface area contributed by atoms with Crippen LogP contribution >= 0.6 is 0 Å². The lowest BCUT2D eigenvalue weighted by Gasteiger charge is -2.37. The number of nitrogens with zero attached hydrogens (tertiary/aromatic N) is 4. The quantitative estimate of drug-likeness (QED) is 0.864. The molecule has 4 rings (SSSR count). The number of carbonyl (C=O) groups is 1. The second kappa shape index (κ2) is 7.58. The molecule has 1 saturated heterocycles. The average molecular weight is 354 g/mol. The summed E-state index contributed by atoms with van der Waals surface area (Å²) in [6, 6.07) is 10.8. The molecule has 138 valence electrons. The van der Waals surface area contributed by atoms with Crippen LogP contribution in [0.15, 0.2) is 36.5 Å². The third-order valence-electron chi connectivity index (χ3n) is 5.81. The third kappa shape index (κ3) is 3.65. The number of carbonyl (C=O) groups excluding carboxylic acids is 1. The Kier molecular flexibility index (Phi) is 5.02. The van der Waals surface area contributed by atoms with Gasteiger partial charge in [-0.15, -0.1) is 5.10 Å². The Bertz CT molecular complexity index is 739. The first-order chi connectivity index (χ1) is 12.7. The van der Waals surface area contributed by atoms with Gasteiger partial charge in [-0.05, 0) is 43.1 Å². The summed E-state index contributed by atoms with van der Waals surface area (Å²) in [5.41, 5.74) is 1.98. The zero-order valence-corrected chi connectivity index (χ0v) is 15.0. The minimum absolute atomic E-state index is 0.0996. The molecular weight excluding hydrogens is 328 g/mol. The maximum Gasteiger partial charge on any atom is 0.223 e. The molecule has 0 unspecified atom stereocenters. The molecular formula is C20H26N4O2. The monoisotopic (exact) mass is 354 g/mol. The van der Waals surface area contributed by atoms with Gasteiger partial charge in [0.1, 0.15) is 5.69 Å². The van der Waals surface area contributed by atoms with Crippen molar-refractivity contribution in [2.75, 3.05) is 6.54 Å². The van der Waals surface area contributed by atoms with Crippen LogP contribution in [0.2, 0.25) is 0 Å². The second-order valence-corrected chi connectivity index (χ2v) is 7.62. The molecule has 1 atom stereocenters. The summed E-state index contributed by atoms with van der Waals surface area (Å²) in [6.07, 6.45) is 6.73. The lowest BCUT2D eigenvalue weighted by molar-refractivity contribution is -0.134. The number of aliphatic hydroxyl groups is 1. The van der Waals surface area contributed by atoms with Crippen LogP contribution in [0.25, 0.3) is 0 Å². The molecule has 1 aromatic heterocycles. The molecule has 0 radical (unpaired) electrons. The van der Waals surface area contributed by atoms with E-state index in [1.165, 1.54) is 5.56 Å². The average Bonchev–Trinajstić information content (AvgIpc) is 3.28. The molecule has 1 aromatic carbocycles. The standard InChI is InChI=1S/C20H26N4O2/c25-14-18-12-23(22-21-18)13-19-7-4-8-24(19)20(26)11-15-9-17(10-15)16-5-2-1-3-6-16/h1-3,5-6,12,15,17,19,25H,4,7-11,13-14H2/t15?,17?,19-/m0/s1. The first kappa shape index (κ1) is 17.2. The number of benzene rings is 1. The van der Waals surface area contributed by atoms with Crippen molar-refractivity contribution in [1.82, 2.24) is 19.9 Å². The van der Waals surface area contributed by atoms with Gasteiger partial charge >= 0.3 is 0 Å². The molecule has 6 heteroatoms. The Morgan fingerprint density at radius 1 is 1.23 bits per heavy atom. The van der Waals surface area contributed by atoms with Gasteiger partial charge in [-0.2, -0.15) is 0 Å². The normalized spacial score (nSPS) is 25.3. The maximum absolute atomic E-state index is 12.8. The van der Waals surface area contributed by atoms with Crippen LogP contribution in [0.3, 0.4) is 0 Å². The molecule has 1 saturated carbocycles. The van der Waals surface area contributed by atoms with Crippen molar-refractivity contribution in [3.8, 4) is 0 Å². The molecule has 1 N–H and O–H groups in total. The van der Waals surface area contributed by atoms with E-state index >= 15 is 0 Å². The molecule has 1 aliphatic heterocycles. The molecule has 1 amide bonds. The number of amides is 1. The van der Waals surface area contributed by atoms with Crippen molar-refractivity contribution in [2.45, 2.75) is 57.2 Å². The van der Waals surface area contributed by atoms with E-state index in [-0.39, 0.29) is 18.6 Å². The molecule has 6 nitrogen and oxygen atoms in total. The van der Waals surface area contributed by atoms with Crippen molar-refractivity contribution in [3.63, 3.8) is 0 Å². The van der Waals surface area contributed by atoms with Gasteiger partial charge in [0.25, 0.3) is 0 Å². The summed E-state index contributed by atoms with van der Waals surface area (Å²) in [5.74, 6) is 1.42. The van der Waals surface area contributed by atoms with Gasteiger partial charge in [0, 0.05) is 13.0 Å². The molecule has 0 bridgehead atoms. The van der Waals surface area contributed by atoms with E-state index in [4.69, 9.17) is 5.11 Å². The fourth-order valence-corrected chi connectivity index (χ4v) is 4.33. The molecule has 26 heavy (non-hydrogen) atoms. The first-order valence-electron chi connectivity index (χ1n) is 9.57. The van der Waals surface area contributed by atoms with Gasteiger partial charge in [-0.3, -0.25) is 9.48 Å². The van der Waals surface area contributed by atoms with E-state index < -0.39 is 0 Å². The highest BCUT2D eigenvalue weighted by Gasteiger charge is 2.35. The summed E-state index contributed by atoms with van der Waals surface area (Å²) in [5, 5.41) is 17.1. The van der Waals surface area contributed by atoms with Gasteiger partial charge in [0.2, 0.25) is 5.91 Å². The van der Waals surface area contributed by atoms with Gasteiger partial charge in [-0.1, -0.05) is 35.5 Å². The van der Waals surface area contributed by atoms with Crippen LogP contribution in [0.1, 0.15) is 49.3 Å². The number of rotatable bonds is 6. The van der Waals surface area contributed by atoms with E-state index in [0.29, 0.717) is 30.5 Å². The lowest BCUT2D eigenvalue weighted by Crippen LogP contribution is -2.40. The summed E-state index contributed by atoms with van der Waals surface area (Å²) >= 11 is 0. The fraction of sp³-hybridized carbons (Fsp3) is 0.550. The molecule has 2 aliphatic rings. The summed E-state index contributed by atoms with van der Waals surface area (Å²) in [7, 11) is 0. The number of hydrogen-bond acceptors (Lipinski definition) is 4. The summed E-state index contributed by atoms with van der Waals surface area (Å²) in [4.78, 5) is 14.8. The highest BCUT2D eigenvalue weighted by Crippen LogP contribution is 2.43. The largest absolute Gasteiger partial charge is 0.390 e. The van der Waals surface area contributed by atoms with Crippen molar-refractivity contribution in [3.05, 3.63) is 47.8 Å². The van der Waals surface area contributed by atoms with E-state index in [0.717, 1.165) is 32.2 Å². The number of aliphatic hydroxyl groups excluding tert-OH is 1. The van der Waals surface area contributed by atoms with Gasteiger partial charge in [0.05, 0.1) is 25.4 Å². The van der Waals surface area contributed by atoms with Crippen LogP contribution in [-0.4, -0.2) is 43.5 Å². The van der Waals surface area contributed by atoms with Gasteiger partial charge < -0.3 is 10.0 Å². The van der Waals surface area contributed by atoms with Gasteiger partial charge in [0.15, 0.2) is 0 Å². The molecule has 2 fully saturated rings. The minimum Gasteiger partial charge on any atom is -0.390 e. The second-order valence-electron chi connectivity index (χ2n) is 7.62. The fourth-order valence-electron chi connectivity index (χ4n) is 4.33. The van der Waals surface area contributed by atoms with Crippen LogP contribution in [0.5, 0.6) is 0 Å². The Balaban J connectivity index is 1.29. The smallest absolute Gasteiger partial charge is 0.223 e. The maximum atomic E-state index is 12.8. The van der Waals surface area contributed by atoms with Crippen LogP contribution in [0.4, 0.5) is 0 Å². The Labute approximate surface area is 153 Å². The highest BCUT2D eigenvalue weighted by molar-refractivity contribution is 5.77. The zero-order valence-electron chi connectivity index (χ0n) is 15.0. The molecule has 2 heterocycles. The Hall–Kier alpha value is -2.21. The molecule has 1 aliphatic carbocycles. The Morgan fingerprint density at radius 3 is 2.77 bits per heavy atom. The predicted molar refractivity (Wildman–Crippen MR) is 97.2 cm³/mol. The van der Waals surface area contributed by atoms with Crippen molar-refractivity contribution < 1.29 is 9.90 Å². The predicted octanol–water partition coefficient (Wildman–Crippen LogP) is 2.35. The van der Waals surface area contributed by atoms with Crippen molar-refractivity contribution in [2.24, 2.45) is 5.92 Å².